The summed E-state index contributed by atoms with van der Waals surface area (Å²) in [6, 6.07) is 13.3. The molecule has 0 bridgehead atoms. The van der Waals surface area contributed by atoms with E-state index in [1.807, 2.05) is 0 Å². The van der Waals surface area contributed by atoms with Crippen LogP contribution in [0.2, 0.25) is 0 Å². The van der Waals surface area contributed by atoms with Crippen molar-refractivity contribution in [1.82, 2.24) is 0 Å². The van der Waals surface area contributed by atoms with Gasteiger partial charge in [0.15, 0.2) is 0 Å². The van der Waals surface area contributed by atoms with Crippen LogP contribution >= 0.6 is 8.58 Å². The van der Waals surface area contributed by atoms with Crippen molar-refractivity contribution in [2.24, 2.45) is 4.99 Å². The van der Waals surface area contributed by atoms with Crippen LogP contribution in [-0.4, -0.2) is 33.8 Å². The van der Waals surface area contributed by atoms with Crippen molar-refractivity contribution in [2.45, 2.75) is 168 Å². The van der Waals surface area contributed by atoms with Crippen LogP contribution in [0.3, 0.4) is 0 Å². The first-order chi connectivity index (χ1) is 21.4. The van der Waals surface area contributed by atoms with Crippen LogP contribution in [0.5, 0.6) is 0 Å². The van der Waals surface area contributed by atoms with Gasteiger partial charge in [0, 0.05) is 0 Å². The van der Waals surface area contributed by atoms with E-state index in [1.54, 1.807) is 25.7 Å². The third kappa shape index (κ3) is 11.4. The summed E-state index contributed by atoms with van der Waals surface area (Å²) in [4.78, 5) is 5.15. The zero-order chi connectivity index (χ0) is 33.1. The zero-order valence-corrected chi connectivity index (χ0v) is 33.6. The molecule has 0 aliphatic heterocycles. The molecule has 247 valence electrons. The monoisotopic (exact) mass is 689 g/mol. The SMILES string of the molecule is C1CCC(PC2CCCCC2)CC1.CC(/C=C(/C)[N]([Ge])c1c(C(C)C)cccc1C(C)C)=Nc1c(C(C)C)cccc1C(C)C. The van der Waals surface area contributed by atoms with E-state index in [0.29, 0.717) is 23.7 Å². The van der Waals surface area contributed by atoms with Crippen LogP contribution in [0.25, 0.3) is 0 Å². The molecule has 0 heterocycles. The number of nitrogens with zero attached hydrogens (tertiary/aromatic N) is 2. The van der Waals surface area contributed by atoms with E-state index in [9.17, 15) is 0 Å². The average Bonchev–Trinajstić information content (AvgIpc) is 3.01. The van der Waals surface area contributed by atoms with E-state index < -0.39 is 0 Å². The molecule has 2 nitrogen and oxygen atoms in total. The second-order valence-corrected chi connectivity index (χ2v) is 17.8. The van der Waals surface area contributed by atoms with E-state index in [0.717, 1.165) is 22.7 Å². The fraction of sp³-hybridized carbons (Fsp3) is 0.634. The fourth-order valence-corrected chi connectivity index (χ4v) is 9.86. The van der Waals surface area contributed by atoms with Gasteiger partial charge in [-0.05, 0) is 37.0 Å². The number of anilines is 1. The summed E-state index contributed by atoms with van der Waals surface area (Å²) in [5.74, 6) is 1.83. The van der Waals surface area contributed by atoms with Gasteiger partial charge in [-0.3, -0.25) is 0 Å². The van der Waals surface area contributed by atoms with Crippen LogP contribution in [0.1, 0.15) is 179 Å². The first kappa shape index (κ1) is 38.1. The Bertz CT molecular complexity index is 1180. The summed E-state index contributed by atoms with van der Waals surface area (Å²) in [6.07, 6.45) is 17.6. The Morgan fingerprint density at radius 3 is 1.42 bits per heavy atom. The Kier molecular flexibility index (Phi) is 15.9. The van der Waals surface area contributed by atoms with E-state index in [-0.39, 0.29) is 0 Å². The number of benzene rings is 2. The van der Waals surface area contributed by atoms with Crippen molar-refractivity contribution >= 4 is 42.4 Å². The molecular formula is C41H64GeN2P. The molecule has 0 amide bonds. The van der Waals surface area contributed by atoms with Gasteiger partial charge in [-0.2, -0.15) is 0 Å². The van der Waals surface area contributed by atoms with Crippen molar-refractivity contribution < 1.29 is 0 Å². The quantitative estimate of drug-likeness (QED) is 0.138. The second-order valence-electron chi connectivity index (χ2n) is 14.9. The van der Waals surface area contributed by atoms with Crippen LogP contribution in [0, 0.1) is 0 Å². The van der Waals surface area contributed by atoms with Gasteiger partial charge in [0.1, 0.15) is 0 Å². The van der Waals surface area contributed by atoms with E-state index in [4.69, 9.17) is 4.99 Å². The Morgan fingerprint density at radius 2 is 1.04 bits per heavy atom. The fourth-order valence-electron chi connectivity index (χ4n) is 7.03. The molecule has 0 N–H and O–H groups in total. The molecule has 4 rings (SSSR count). The Balaban J connectivity index is 0.000000350. The molecule has 2 aromatic rings. The van der Waals surface area contributed by atoms with E-state index >= 15 is 0 Å². The van der Waals surface area contributed by atoms with Crippen LogP contribution < -0.4 is 3.86 Å². The maximum atomic E-state index is 5.15. The van der Waals surface area contributed by atoms with Crippen molar-refractivity contribution in [3.63, 3.8) is 0 Å². The standard InChI is InChI=1S/C29H41GeN2.C12H23P/c1-18(2)24-13-11-14-25(19(3)4)28(24)31-22(9)17-23(10)32(30)29-26(20(5)6)15-12-16-27(29)21(7)8;1-3-7-11(8-4-1)13-12-9-5-2-6-10-12/h11-21H,1-10H3;11-13H,1-10H2/b23-17-,31-22?;. The minimum atomic E-state index is 0.444. The van der Waals surface area contributed by atoms with Gasteiger partial charge in [0.05, 0.1) is 0 Å². The summed E-state index contributed by atoms with van der Waals surface area (Å²) in [5, 5.41) is 0. The number of para-hydroxylation sites is 2. The number of rotatable bonds is 10. The van der Waals surface area contributed by atoms with Gasteiger partial charge >= 0.3 is 206 Å². The Hall–Kier alpha value is -1.38. The van der Waals surface area contributed by atoms with Gasteiger partial charge in [-0.25, -0.2) is 0 Å². The molecule has 0 unspecified atom stereocenters. The normalized spacial score (nSPS) is 17.3. The molecule has 2 aliphatic carbocycles. The molecule has 2 aliphatic rings. The summed E-state index contributed by atoms with van der Waals surface area (Å²) in [5.41, 5.74) is 12.5. The van der Waals surface area contributed by atoms with Gasteiger partial charge in [-0.15, -0.1) is 8.58 Å². The van der Waals surface area contributed by atoms with Crippen molar-refractivity contribution in [3.05, 3.63) is 70.4 Å². The molecule has 45 heavy (non-hydrogen) atoms. The molecule has 2 aromatic carbocycles. The average molecular weight is 689 g/mol. The van der Waals surface area contributed by atoms with Crippen molar-refractivity contribution in [1.29, 1.82) is 0 Å². The first-order valence-corrected chi connectivity index (χ1v) is 20.3. The zero-order valence-electron chi connectivity index (χ0n) is 30.5. The molecule has 4 heteroatoms. The molecule has 0 atom stereocenters. The molecule has 2 saturated carbocycles. The van der Waals surface area contributed by atoms with E-state index in [1.165, 1.54) is 80.7 Å². The van der Waals surface area contributed by atoms with E-state index in [2.05, 4.69) is 132 Å². The second kappa shape index (κ2) is 18.8. The van der Waals surface area contributed by atoms with Gasteiger partial charge in [-0.1, -0.05) is 38.5 Å². The number of hydrogen-bond acceptors (Lipinski definition) is 2. The Labute approximate surface area is 289 Å². The van der Waals surface area contributed by atoms with Gasteiger partial charge in [0.2, 0.25) is 0 Å². The van der Waals surface area contributed by atoms with Crippen molar-refractivity contribution in [2.75, 3.05) is 3.86 Å². The first-order valence-electron chi connectivity index (χ1n) is 18.2. The topological polar surface area (TPSA) is 15.6 Å². The molecule has 2 fully saturated rings. The molecule has 0 spiro atoms. The summed E-state index contributed by atoms with van der Waals surface area (Å²) in [6.45, 7) is 22.4. The maximum absolute atomic E-state index is 5.15. The van der Waals surface area contributed by atoms with Gasteiger partial charge in [0.25, 0.3) is 0 Å². The third-order valence-electron chi connectivity index (χ3n) is 9.65. The summed E-state index contributed by atoms with van der Waals surface area (Å²) in [7, 11) is 1.33. The van der Waals surface area contributed by atoms with Crippen LogP contribution in [0.15, 0.2) is 53.2 Å². The third-order valence-corrected chi connectivity index (χ3v) is 13.0. The number of hydrogen-bond donors (Lipinski definition) is 0. The predicted octanol–water partition coefficient (Wildman–Crippen LogP) is 13.1. The van der Waals surface area contributed by atoms with Crippen LogP contribution in [-0.2, 0) is 0 Å². The van der Waals surface area contributed by atoms with Crippen LogP contribution in [0.4, 0.5) is 11.4 Å². The molecule has 0 aromatic heterocycles. The predicted molar refractivity (Wildman–Crippen MR) is 206 cm³/mol. The van der Waals surface area contributed by atoms with Crippen molar-refractivity contribution in [3.8, 4) is 0 Å². The molecular weight excluding hydrogens is 624 g/mol. The Morgan fingerprint density at radius 1 is 0.667 bits per heavy atom. The molecule has 0 saturated heterocycles. The number of allylic oxidation sites excluding steroid dienone is 2. The minimum absolute atomic E-state index is 0.444. The number of aliphatic imine (C=N–C) groups is 1. The van der Waals surface area contributed by atoms with Gasteiger partial charge < -0.3 is 0 Å². The molecule has 3 radical (unpaired) electrons. The summed E-state index contributed by atoms with van der Waals surface area (Å²) >= 11 is 2.19. The summed E-state index contributed by atoms with van der Waals surface area (Å²) < 4.78 is 2.35.